The van der Waals surface area contributed by atoms with E-state index in [1.807, 2.05) is 0 Å². The van der Waals surface area contributed by atoms with Gasteiger partial charge in [-0.25, -0.2) is 0 Å². The summed E-state index contributed by atoms with van der Waals surface area (Å²) in [4.78, 5) is 51.7. The molecular formula is C53H99N3O6. The quantitative estimate of drug-likeness (QED) is 0.0375. The van der Waals surface area contributed by atoms with Crippen molar-refractivity contribution in [2.45, 2.75) is 253 Å². The third-order valence-corrected chi connectivity index (χ3v) is 13.0. The fourth-order valence-electron chi connectivity index (χ4n) is 8.62. The maximum atomic E-state index is 12.9. The lowest BCUT2D eigenvalue weighted by Gasteiger charge is -2.23. The van der Waals surface area contributed by atoms with E-state index in [9.17, 15) is 19.2 Å². The van der Waals surface area contributed by atoms with Gasteiger partial charge in [0.2, 0.25) is 0 Å². The van der Waals surface area contributed by atoms with Gasteiger partial charge in [0, 0.05) is 26.4 Å². The van der Waals surface area contributed by atoms with Gasteiger partial charge < -0.3 is 25.0 Å². The molecule has 0 radical (unpaired) electrons. The van der Waals surface area contributed by atoms with Gasteiger partial charge in [0.25, 0.3) is 10.9 Å². The second-order valence-corrected chi connectivity index (χ2v) is 18.9. The maximum Gasteiger partial charge on any atom is 0.306 e. The second-order valence-electron chi connectivity index (χ2n) is 18.9. The first-order valence-corrected chi connectivity index (χ1v) is 26.5. The average molecular weight is 874 g/mol. The average Bonchev–Trinajstić information content (AvgIpc) is 3.26. The van der Waals surface area contributed by atoms with Crippen molar-refractivity contribution in [3.05, 3.63) is 20.4 Å². The highest BCUT2D eigenvalue weighted by Crippen LogP contribution is 2.22. The number of hydrogen-bond acceptors (Lipinski definition) is 9. The molecule has 9 heteroatoms. The number of carbonyl (C=O) groups is 2. The van der Waals surface area contributed by atoms with Gasteiger partial charge in [-0.3, -0.25) is 19.2 Å². The lowest BCUT2D eigenvalue weighted by Crippen LogP contribution is -2.37. The van der Waals surface area contributed by atoms with Crippen LogP contribution in [0.3, 0.4) is 0 Å². The van der Waals surface area contributed by atoms with Gasteiger partial charge in [0.1, 0.15) is 17.5 Å². The minimum Gasteiger partial charge on any atom is -0.465 e. The molecule has 0 saturated heterocycles. The van der Waals surface area contributed by atoms with Gasteiger partial charge in [-0.1, -0.05) is 169 Å². The number of unbranched alkanes of at least 4 members (excludes halogenated alkanes) is 22. The van der Waals surface area contributed by atoms with Gasteiger partial charge in [0.15, 0.2) is 0 Å². The predicted octanol–water partition coefficient (Wildman–Crippen LogP) is 13.7. The summed E-state index contributed by atoms with van der Waals surface area (Å²) in [6, 6.07) is 0. The second kappa shape index (κ2) is 40.1. The van der Waals surface area contributed by atoms with Crippen molar-refractivity contribution in [1.82, 2.24) is 4.90 Å². The highest BCUT2D eigenvalue weighted by molar-refractivity contribution is 5.73. The Morgan fingerprint density at radius 3 is 1.44 bits per heavy atom. The zero-order valence-electron chi connectivity index (χ0n) is 41.5. The fourth-order valence-corrected chi connectivity index (χ4v) is 8.62. The van der Waals surface area contributed by atoms with Crippen molar-refractivity contribution >= 4 is 23.3 Å². The first-order chi connectivity index (χ1) is 30.2. The summed E-state index contributed by atoms with van der Waals surface area (Å²) in [5.74, 6) is 0.944. The molecule has 0 saturated carbocycles. The predicted molar refractivity (Wildman–Crippen MR) is 264 cm³/mol. The first kappa shape index (κ1) is 57.6. The van der Waals surface area contributed by atoms with Crippen molar-refractivity contribution in [2.75, 3.05) is 50.5 Å². The molecule has 0 fully saturated rings. The van der Waals surface area contributed by atoms with Gasteiger partial charge in [-0.15, -0.1) is 0 Å². The van der Waals surface area contributed by atoms with Crippen molar-refractivity contribution in [2.24, 2.45) is 11.8 Å². The summed E-state index contributed by atoms with van der Waals surface area (Å²) in [5.41, 5.74) is -0.0606. The summed E-state index contributed by atoms with van der Waals surface area (Å²) in [7, 11) is 1.67. The minimum atomic E-state index is -0.440. The molecule has 0 aromatic heterocycles. The number of nitrogens with one attached hydrogen (secondary N) is 2. The number of anilines is 2. The summed E-state index contributed by atoms with van der Waals surface area (Å²) >= 11 is 0. The molecule has 0 amide bonds. The topological polar surface area (TPSA) is 114 Å². The van der Waals surface area contributed by atoms with Gasteiger partial charge in [-0.2, -0.15) is 0 Å². The molecule has 1 atom stereocenters. The molecule has 0 heterocycles. The Bertz CT molecular complexity index is 1260. The molecule has 1 rings (SSSR count). The van der Waals surface area contributed by atoms with Crippen molar-refractivity contribution in [3.63, 3.8) is 0 Å². The Hall–Kier alpha value is -2.42. The Morgan fingerprint density at radius 1 is 0.516 bits per heavy atom. The summed E-state index contributed by atoms with van der Waals surface area (Å²) in [6.45, 7) is 15.5. The van der Waals surface area contributed by atoms with E-state index in [1.165, 1.54) is 96.3 Å². The molecule has 0 spiro atoms. The summed E-state index contributed by atoms with van der Waals surface area (Å²) in [6.07, 6.45) is 37.5. The summed E-state index contributed by atoms with van der Waals surface area (Å²) < 4.78 is 11.8. The van der Waals surface area contributed by atoms with Crippen LogP contribution in [0.1, 0.15) is 247 Å². The molecule has 1 aromatic rings. The van der Waals surface area contributed by atoms with E-state index in [4.69, 9.17) is 9.47 Å². The van der Waals surface area contributed by atoms with E-state index in [2.05, 4.69) is 50.2 Å². The Labute approximate surface area is 381 Å². The standard InChI is InChI=1S/C53H99N3O6/c1-7-10-13-16-21-28-36-47(37-29-22-17-14-11-8-2)62-49(58)39-31-24-19-26-33-42-56(43-34-40-55-51-50(54-6)52(59)53(51)60)41-32-25-18-23-30-38-48(57)61-44-46(45(4)5)35-27-20-15-12-9-3/h45-47,54-55H,7-44H2,1-6H3. The SMILES string of the molecule is CCCCCCCCC(CCCCCCCC)OC(=O)CCCCCCCN(CCCCCCCC(=O)OCC(CCCCCCC)C(C)C)CCCNc1c(NC)c(=O)c1=O. The molecule has 1 aromatic carbocycles. The molecule has 0 aliphatic rings. The molecular weight excluding hydrogens is 775 g/mol. The van der Waals surface area contributed by atoms with Crippen molar-refractivity contribution in [1.29, 1.82) is 0 Å². The zero-order chi connectivity index (χ0) is 45.5. The van der Waals surface area contributed by atoms with E-state index >= 15 is 0 Å². The van der Waals surface area contributed by atoms with Crippen molar-refractivity contribution in [3.8, 4) is 0 Å². The normalized spacial score (nSPS) is 12.2. The van der Waals surface area contributed by atoms with Crippen LogP contribution in [0.4, 0.5) is 11.4 Å². The van der Waals surface area contributed by atoms with Gasteiger partial charge in [-0.05, 0) is 95.7 Å². The fraction of sp³-hybridized carbons (Fsp3) is 0.887. The Kier molecular flexibility index (Phi) is 37.3. The monoisotopic (exact) mass is 874 g/mol. The van der Waals surface area contributed by atoms with Crippen LogP contribution in [0.25, 0.3) is 0 Å². The smallest absolute Gasteiger partial charge is 0.306 e. The zero-order valence-corrected chi connectivity index (χ0v) is 41.5. The van der Waals surface area contributed by atoms with Crippen molar-refractivity contribution < 1.29 is 19.1 Å². The molecule has 362 valence electrons. The lowest BCUT2D eigenvalue weighted by atomic mass is 9.91. The molecule has 0 aliphatic carbocycles. The molecule has 0 bridgehead atoms. The molecule has 9 nitrogen and oxygen atoms in total. The number of carbonyl (C=O) groups excluding carboxylic acids is 2. The van der Waals surface area contributed by atoms with Crippen LogP contribution in [0.2, 0.25) is 0 Å². The molecule has 2 N–H and O–H groups in total. The lowest BCUT2D eigenvalue weighted by molar-refractivity contribution is -0.150. The van der Waals surface area contributed by atoms with E-state index in [0.29, 0.717) is 49.2 Å². The number of ether oxygens (including phenoxy) is 2. The minimum absolute atomic E-state index is 0.00386. The van der Waals surface area contributed by atoms with Crippen LogP contribution in [-0.4, -0.2) is 62.8 Å². The van der Waals surface area contributed by atoms with Crippen LogP contribution in [0.5, 0.6) is 0 Å². The van der Waals surface area contributed by atoms with E-state index in [1.54, 1.807) is 7.05 Å². The van der Waals surface area contributed by atoms with Crippen LogP contribution >= 0.6 is 0 Å². The number of esters is 2. The van der Waals surface area contributed by atoms with Crippen LogP contribution < -0.4 is 21.5 Å². The molecule has 1 unspecified atom stereocenters. The van der Waals surface area contributed by atoms with Gasteiger partial charge in [0.05, 0.1) is 6.61 Å². The molecule has 62 heavy (non-hydrogen) atoms. The first-order valence-electron chi connectivity index (χ1n) is 26.5. The third kappa shape index (κ3) is 29.9. The summed E-state index contributed by atoms with van der Waals surface area (Å²) in [5, 5.41) is 6.02. The highest BCUT2D eigenvalue weighted by atomic mass is 16.5. The van der Waals surface area contributed by atoms with E-state index < -0.39 is 10.9 Å². The number of nitrogens with zero attached hydrogens (tertiary/aromatic N) is 1. The van der Waals surface area contributed by atoms with E-state index in [0.717, 1.165) is 122 Å². The van der Waals surface area contributed by atoms with Crippen LogP contribution in [0, 0.1) is 11.8 Å². The van der Waals surface area contributed by atoms with E-state index in [-0.39, 0.29) is 18.0 Å². The van der Waals surface area contributed by atoms with Gasteiger partial charge >= 0.3 is 11.9 Å². The number of rotatable bonds is 46. The van der Waals surface area contributed by atoms with Crippen LogP contribution in [0.15, 0.2) is 9.59 Å². The Morgan fingerprint density at radius 2 is 0.935 bits per heavy atom. The number of hydrogen-bond donors (Lipinski definition) is 2. The third-order valence-electron chi connectivity index (χ3n) is 13.0. The largest absolute Gasteiger partial charge is 0.465 e. The maximum absolute atomic E-state index is 12.9. The Balaban J connectivity index is 2.42. The van der Waals surface area contributed by atoms with Crippen LogP contribution in [-0.2, 0) is 19.1 Å². The highest BCUT2D eigenvalue weighted by Gasteiger charge is 2.19. The molecule has 0 aliphatic heterocycles.